The van der Waals surface area contributed by atoms with Gasteiger partial charge in [-0.05, 0) is 47.5 Å². The Bertz CT molecular complexity index is 1150. The molecule has 0 spiro atoms. The molecule has 0 aliphatic heterocycles. The van der Waals surface area contributed by atoms with E-state index >= 15 is 0 Å². The summed E-state index contributed by atoms with van der Waals surface area (Å²) in [7, 11) is 0. The first-order chi connectivity index (χ1) is 11.5. The number of hydrogen-bond donors (Lipinski definition) is 1. The van der Waals surface area contributed by atoms with Crippen LogP contribution in [0.4, 0.5) is 0 Å². The van der Waals surface area contributed by atoms with Crippen LogP contribution in [0, 0.1) is 0 Å². The number of aromatic hydroxyl groups is 1. The van der Waals surface area contributed by atoms with Crippen LogP contribution >= 0.6 is 27.5 Å². The van der Waals surface area contributed by atoms with Crippen LogP contribution in [-0.2, 0) is 0 Å². The fourth-order valence-electron chi connectivity index (χ4n) is 2.82. The van der Waals surface area contributed by atoms with E-state index in [0.717, 1.165) is 15.6 Å². The number of halogens is 2. The molecule has 4 aromatic rings. The van der Waals surface area contributed by atoms with Gasteiger partial charge < -0.3 is 9.52 Å². The zero-order valence-corrected chi connectivity index (χ0v) is 14.6. The van der Waals surface area contributed by atoms with Crippen molar-refractivity contribution in [3.05, 3.63) is 74.5 Å². The molecule has 0 amide bonds. The highest BCUT2D eigenvalue weighted by molar-refractivity contribution is 9.10. The van der Waals surface area contributed by atoms with Crippen molar-refractivity contribution in [2.75, 3.05) is 0 Å². The average Bonchev–Trinajstić information content (AvgIpc) is 2.55. The summed E-state index contributed by atoms with van der Waals surface area (Å²) in [5.41, 5.74) is 1.54. The molecule has 0 unspecified atom stereocenters. The Morgan fingerprint density at radius 3 is 2.42 bits per heavy atom. The fraction of sp³-hybridized carbons (Fsp3) is 0. The molecule has 4 rings (SSSR count). The number of fused-ring (bicyclic) bond motifs is 3. The minimum absolute atomic E-state index is 0.0569. The average molecular weight is 402 g/mol. The normalized spacial score (nSPS) is 11.2. The predicted octanol–water partition coefficient (Wildman–Crippen LogP) is 5.73. The molecule has 3 nitrogen and oxygen atoms in total. The number of phenols is 1. The monoisotopic (exact) mass is 400 g/mol. The molecule has 0 radical (unpaired) electrons. The lowest BCUT2D eigenvalue weighted by atomic mass is 10.0. The van der Waals surface area contributed by atoms with Crippen LogP contribution in [0.2, 0.25) is 5.02 Å². The summed E-state index contributed by atoms with van der Waals surface area (Å²) in [6.07, 6.45) is 0. The molecule has 1 N–H and O–H groups in total. The van der Waals surface area contributed by atoms with E-state index in [2.05, 4.69) is 15.9 Å². The van der Waals surface area contributed by atoms with Crippen LogP contribution in [0.25, 0.3) is 32.9 Å². The van der Waals surface area contributed by atoms with Gasteiger partial charge in [-0.3, -0.25) is 0 Å². The van der Waals surface area contributed by atoms with E-state index in [1.165, 1.54) is 0 Å². The zero-order chi connectivity index (χ0) is 16.8. The van der Waals surface area contributed by atoms with Gasteiger partial charge in [0.1, 0.15) is 11.3 Å². The quantitative estimate of drug-likeness (QED) is 0.327. The summed E-state index contributed by atoms with van der Waals surface area (Å²) in [6.45, 7) is 0. The molecule has 118 valence electrons. The number of benzene rings is 3. The van der Waals surface area contributed by atoms with Crippen molar-refractivity contribution >= 4 is 49.3 Å². The second kappa shape index (κ2) is 5.65. The molecule has 1 aromatic heterocycles. The van der Waals surface area contributed by atoms with Gasteiger partial charge in [-0.15, -0.1) is 0 Å². The molecule has 5 heteroatoms. The highest BCUT2D eigenvalue weighted by atomic mass is 79.9. The molecule has 0 atom stereocenters. The van der Waals surface area contributed by atoms with Crippen molar-refractivity contribution < 1.29 is 9.52 Å². The van der Waals surface area contributed by atoms with E-state index < -0.39 is 5.63 Å². The van der Waals surface area contributed by atoms with Crippen LogP contribution < -0.4 is 5.63 Å². The first kappa shape index (κ1) is 15.2. The Kier molecular flexibility index (Phi) is 3.59. The minimum atomic E-state index is -0.479. The number of hydrogen-bond acceptors (Lipinski definition) is 3. The largest absolute Gasteiger partial charge is 0.507 e. The summed E-state index contributed by atoms with van der Waals surface area (Å²) in [5.74, 6) is 0.0569. The van der Waals surface area contributed by atoms with E-state index in [1.54, 1.807) is 30.3 Å². The van der Waals surface area contributed by atoms with Crippen LogP contribution in [0.15, 0.2) is 68.3 Å². The highest BCUT2D eigenvalue weighted by Crippen LogP contribution is 2.36. The lowest BCUT2D eigenvalue weighted by Crippen LogP contribution is -2.00. The van der Waals surface area contributed by atoms with Crippen LogP contribution in [0.1, 0.15) is 0 Å². The molecular weight excluding hydrogens is 392 g/mol. The maximum atomic E-state index is 12.2. The van der Waals surface area contributed by atoms with Gasteiger partial charge in [0.25, 0.3) is 0 Å². The Balaban J connectivity index is 2.06. The third-order valence-corrected chi connectivity index (χ3v) is 4.70. The molecule has 0 fully saturated rings. The zero-order valence-electron chi connectivity index (χ0n) is 12.2. The van der Waals surface area contributed by atoms with Gasteiger partial charge in [-0.2, -0.15) is 0 Å². The Morgan fingerprint density at radius 1 is 0.917 bits per heavy atom. The molecular formula is C19H10BrClO3. The molecule has 0 saturated heterocycles. The third-order valence-electron chi connectivity index (χ3n) is 3.93. The summed E-state index contributed by atoms with van der Waals surface area (Å²) in [6, 6.07) is 16.0. The summed E-state index contributed by atoms with van der Waals surface area (Å²) >= 11 is 9.35. The van der Waals surface area contributed by atoms with E-state index in [0.29, 0.717) is 26.8 Å². The first-order valence-corrected chi connectivity index (χ1v) is 8.35. The summed E-state index contributed by atoms with van der Waals surface area (Å²) in [4.78, 5) is 12.2. The Labute approximate surface area is 150 Å². The van der Waals surface area contributed by atoms with Crippen molar-refractivity contribution in [3.8, 4) is 16.9 Å². The second-order valence-corrected chi connectivity index (χ2v) is 6.81. The smallest absolute Gasteiger partial charge is 0.344 e. The highest BCUT2D eigenvalue weighted by Gasteiger charge is 2.13. The van der Waals surface area contributed by atoms with Crippen molar-refractivity contribution in [3.63, 3.8) is 0 Å². The van der Waals surface area contributed by atoms with Crippen molar-refractivity contribution in [2.24, 2.45) is 0 Å². The second-order valence-electron chi connectivity index (χ2n) is 5.45. The number of rotatable bonds is 1. The lowest BCUT2D eigenvalue weighted by molar-refractivity contribution is 0.480. The van der Waals surface area contributed by atoms with Crippen LogP contribution in [0.3, 0.4) is 0 Å². The van der Waals surface area contributed by atoms with E-state index in [4.69, 9.17) is 16.0 Å². The van der Waals surface area contributed by atoms with Gasteiger partial charge >= 0.3 is 5.63 Å². The van der Waals surface area contributed by atoms with Crippen molar-refractivity contribution in [2.45, 2.75) is 0 Å². The van der Waals surface area contributed by atoms with Gasteiger partial charge in [0.2, 0.25) is 0 Å². The van der Waals surface area contributed by atoms with E-state index in [1.807, 2.05) is 24.3 Å². The van der Waals surface area contributed by atoms with Gasteiger partial charge in [0.15, 0.2) is 0 Å². The SMILES string of the molecule is O=c1oc2cc(-c3ccc(Br)cc3)cc(O)c2c2ccc(Cl)cc12. The minimum Gasteiger partial charge on any atom is -0.507 e. The Hall–Kier alpha value is -2.30. The Morgan fingerprint density at radius 2 is 1.67 bits per heavy atom. The summed E-state index contributed by atoms with van der Waals surface area (Å²) < 4.78 is 6.38. The standard InChI is InChI=1S/C19H10BrClO3/c20-12-3-1-10(2-4-12)11-7-16(22)18-14-6-5-13(21)9-15(14)19(23)24-17(18)8-11/h1-9,22H. The molecule has 0 aliphatic carbocycles. The van der Waals surface area contributed by atoms with Crippen LogP contribution in [-0.4, -0.2) is 5.11 Å². The molecule has 24 heavy (non-hydrogen) atoms. The topological polar surface area (TPSA) is 50.4 Å². The molecule has 0 bridgehead atoms. The molecule has 0 aliphatic rings. The molecule has 0 saturated carbocycles. The maximum Gasteiger partial charge on any atom is 0.344 e. The maximum absolute atomic E-state index is 12.2. The van der Waals surface area contributed by atoms with Crippen LogP contribution in [0.5, 0.6) is 5.75 Å². The molecule has 1 heterocycles. The first-order valence-electron chi connectivity index (χ1n) is 7.18. The number of phenolic OH excluding ortho intramolecular Hbond substituents is 1. The van der Waals surface area contributed by atoms with Crippen molar-refractivity contribution in [1.29, 1.82) is 0 Å². The lowest BCUT2D eigenvalue weighted by Gasteiger charge is -2.08. The molecule has 3 aromatic carbocycles. The predicted molar refractivity (Wildman–Crippen MR) is 99.8 cm³/mol. The van der Waals surface area contributed by atoms with Gasteiger partial charge in [-0.25, -0.2) is 4.79 Å². The van der Waals surface area contributed by atoms with E-state index in [-0.39, 0.29) is 5.75 Å². The summed E-state index contributed by atoms with van der Waals surface area (Å²) in [5, 5.41) is 12.4. The van der Waals surface area contributed by atoms with Gasteiger partial charge in [0, 0.05) is 14.9 Å². The van der Waals surface area contributed by atoms with E-state index in [9.17, 15) is 9.90 Å². The van der Waals surface area contributed by atoms with Gasteiger partial charge in [-0.1, -0.05) is 45.7 Å². The van der Waals surface area contributed by atoms with Crippen molar-refractivity contribution in [1.82, 2.24) is 0 Å². The van der Waals surface area contributed by atoms with Gasteiger partial charge in [0.05, 0.1) is 10.8 Å². The fourth-order valence-corrected chi connectivity index (χ4v) is 3.26. The third kappa shape index (κ3) is 2.48.